The number of hydrogen-bond acceptors (Lipinski definition) is 3. The van der Waals surface area contributed by atoms with E-state index in [1.165, 1.54) is 4.90 Å². The first-order valence-corrected chi connectivity index (χ1v) is 3.08. The Bertz CT molecular complexity index is 187. The van der Waals surface area contributed by atoms with Crippen molar-refractivity contribution in [3.05, 3.63) is 0 Å². The lowest BCUT2D eigenvalue weighted by molar-refractivity contribution is -0.117. The Hall–Kier alpha value is -1.19. The van der Waals surface area contributed by atoms with Crippen LogP contribution in [0.25, 0.3) is 0 Å². The Kier molecular flexibility index (Phi) is 1.80. The quantitative estimate of drug-likeness (QED) is 0.489. The summed E-state index contributed by atoms with van der Waals surface area (Å²) in [5.74, 6) is 0. The summed E-state index contributed by atoms with van der Waals surface area (Å²) in [6, 6.07) is 0. The topological polar surface area (TPSA) is 68.0 Å². The van der Waals surface area contributed by atoms with Gasteiger partial charge in [0.2, 0.25) is 6.41 Å². The van der Waals surface area contributed by atoms with E-state index in [1.54, 1.807) is 0 Å². The van der Waals surface area contributed by atoms with E-state index >= 15 is 0 Å². The molecule has 0 aliphatic carbocycles. The van der Waals surface area contributed by atoms with Crippen LogP contribution in [0, 0.1) is 10.8 Å². The van der Waals surface area contributed by atoms with Crippen LogP contribution in [0.1, 0.15) is 6.42 Å². The molecule has 0 aromatic heterocycles. The first kappa shape index (κ1) is 6.92. The first-order valence-electron chi connectivity index (χ1n) is 3.08. The van der Waals surface area contributed by atoms with Gasteiger partial charge in [0.1, 0.15) is 0 Å². The van der Waals surface area contributed by atoms with E-state index in [-0.39, 0.29) is 5.71 Å². The molecule has 1 aliphatic heterocycles. The van der Waals surface area contributed by atoms with Crippen molar-refractivity contribution in [2.24, 2.45) is 0 Å². The molecule has 4 nitrogen and oxygen atoms in total. The molecule has 1 heterocycles. The van der Waals surface area contributed by atoms with Crippen LogP contribution in [-0.2, 0) is 4.79 Å². The SMILES string of the molecule is N=C1CCN(C=O)CC1=N. The summed E-state index contributed by atoms with van der Waals surface area (Å²) in [7, 11) is 0. The van der Waals surface area contributed by atoms with Crippen molar-refractivity contribution in [1.82, 2.24) is 4.90 Å². The van der Waals surface area contributed by atoms with E-state index in [2.05, 4.69) is 0 Å². The second kappa shape index (κ2) is 2.60. The molecule has 0 saturated carbocycles. The van der Waals surface area contributed by atoms with Crippen LogP contribution in [0.2, 0.25) is 0 Å². The molecule has 2 N–H and O–H groups in total. The summed E-state index contributed by atoms with van der Waals surface area (Å²) in [4.78, 5) is 11.7. The second-order valence-electron chi connectivity index (χ2n) is 2.28. The van der Waals surface area contributed by atoms with Crippen molar-refractivity contribution in [2.45, 2.75) is 6.42 Å². The van der Waals surface area contributed by atoms with Crippen molar-refractivity contribution in [1.29, 1.82) is 10.8 Å². The van der Waals surface area contributed by atoms with Gasteiger partial charge in [-0.3, -0.25) is 4.79 Å². The fourth-order valence-electron chi connectivity index (χ4n) is 0.874. The minimum absolute atomic E-state index is 0.262. The molecule has 0 atom stereocenters. The standard InChI is InChI=1S/C6H9N3O/c7-5-1-2-9(4-10)3-6(5)8/h4,7-8H,1-3H2. The average molecular weight is 139 g/mol. The zero-order chi connectivity index (χ0) is 7.56. The Morgan fingerprint density at radius 2 is 2.10 bits per heavy atom. The van der Waals surface area contributed by atoms with Gasteiger partial charge in [0.15, 0.2) is 0 Å². The molecule has 0 aromatic carbocycles. The normalized spacial score (nSPS) is 19.4. The van der Waals surface area contributed by atoms with Gasteiger partial charge in [-0.15, -0.1) is 0 Å². The molecule has 0 radical (unpaired) electrons. The molecule has 54 valence electrons. The summed E-state index contributed by atoms with van der Waals surface area (Å²) in [5, 5.41) is 14.4. The number of carbonyl (C=O) groups excluding carboxylic acids is 1. The number of likely N-dealkylation sites (tertiary alicyclic amines) is 1. The van der Waals surface area contributed by atoms with E-state index in [1.807, 2.05) is 0 Å². The molecule has 0 bridgehead atoms. The molecule has 1 rings (SSSR count). The molecule has 1 aliphatic rings. The van der Waals surface area contributed by atoms with Crippen molar-refractivity contribution >= 4 is 17.8 Å². The number of nitrogens with one attached hydrogen (secondary N) is 2. The lowest BCUT2D eigenvalue weighted by Gasteiger charge is -2.23. The molecular weight excluding hydrogens is 130 g/mol. The highest BCUT2D eigenvalue weighted by molar-refractivity contribution is 6.41. The maximum absolute atomic E-state index is 10.2. The van der Waals surface area contributed by atoms with Crippen LogP contribution in [0.5, 0.6) is 0 Å². The summed E-state index contributed by atoms with van der Waals surface area (Å²) in [6.07, 6.45) is 1.25. The van der Waals surface area contributed by atoms with E-state index in [0.29, 0.717) is 25.2 Å². The van der Waals surface area contributed by atoms with Gasteiger partial charge in [0, 0.05) is 13.0 Å². The highest BCUT2D eigenvalue weighted by Crippen LogP contribution is 1.99. The fraction of sp³-hybridized carbons (Fsp3) is 0.500. The van der Waals surface area contributed by atoms with Crippen LogP contribution in [0.15, 0.2) is 0 Å². The zero-order valence-electron chi connectivity index (χ0n) is 5.55. The number of nitrogens with zero attached hydrogens (tertiary/aromatic N) is 1. The lowest BCUT2D eigenvalue weighted by Crippen LogP contribution is -2.39. The third-order valence-electron chi connectivity index (χ3n) is 1.52. The lowest BCUT2D eigenvalue weighted by atomic mass is 10.1. The minimum Gasteiger partial charge on any atom is -0.339 e. The van der Waals surface area contributed by atoms with Gasteiger partial charge < -0.3 is 15.7 Å². The Labute approximate surface area is 58.9 Å². The van der Waals surface area contributed by atoms with Crippen molar-refractivity contribution in [3.63, 3.8) is 0 Å². The second-order valence-corrected chi connectivity index (χ2v) is 2.28. The minimum atomic E-state index is 0.262. The van der Waals surface area contributed by atoms with E-state index in [4.69, 9.17) is 10.8 Å². The van der Waals surface area contributed by atoms with Gasteiger partial charge in [-0.05, 0) is 0 Å². The maximum Gasteiger partial charge on any atom is 0.210 e. The Balaban J connectivity index is 2.56. The highest BCUT2D eigenvalue weighted by Gasteiger charge is 2.16. The zero-order valence-corrected chi connectivity index (χ0v) is 5.55. The van der Waals surface area contributed by atoms with Crippen molar-refractivity contribution < 1.29 is 4.79 Å². The molecule has 4 heteroatoms. The van der Waals surface area contributed by atoms with Crippen LogP contribution < -0.4 is 0 Å². The molecule has 1 saturated heterocycles. The smallest absolute Gasteiger partial charge is 0.210 e. The number of amides is 1. The van der Waals surface area contributed by atoms with Crippen LogP contribution in [0.4, 0.5) is 0 Å². The van der Waals surface area contributed by atoms with Gasteiger partial charge >= 0.3 is 0 Å². The predicted octanol–water partition coefficient (Wildman–Crippen LogP) is -0.112. The third-order valence-corrected chi connectivity index (χ3v) is 1.52. The van der Waals surface area contributed by atoms with Crippen molar-refractivity contribution in [3.8, 4) is 0 Å². The summed E-state index contributed by atoms with van der Waals surface area (Å²) < 4.78 is 0. The van der Waals surface area contributed by atoms with Crippen LogP contribution >= 0.6 is 0 Å². The average Bonchev–Trinajstić information content (AvgIpc) is 1.95. The number of carbonyl (C=O) groups is 1. The maximum atomic E-state index is 10.2. The molecule has 0 unspecified atom stereocenters. The first-order chi connectivity index (χ1) is 4.74. The number of hydrogen-bond donors (Lipinski definition) is 2. The molecule has 0 spiro atoms. The molecule has 1 amide bonds. The van der Waals surface area contributed by atoms with Gasteiger partial charge in [-0.2, -0.15) is 0 Å². The molecule has 0 aromatic rings. The summed E-state index contributed by atoms with van der Waals surface area (Å²) in [6.45, 7) is 0.896. The molecule has 1 fully saturated rings. The van der Waals surface area contributed by atoms with E-state index in [9.17, 15) is 4.79 Å². The Morgan fingerprint density at radius 1 is 1.40 bits per heavy atom. The largest absolute Gasteiger partial charge is 0.339 e. The van der Waals surface area contributed by atoms with Gasteiger partial charge in [0.25, 0.3) is 0 Å². The van der Waals surface area contributed by atoms with E-state index < -0.39 is 0 Å². The Morgan fingerprint density at radius 3 is 2.60 bits per heavy atom. The van der Waals surface area contributed by atoms with Crippen molar-refractivity contribution in [2.75, 3.05) is 13.1 Å². The third kappa shape index (κ3) is 1.21. The number of piperidine rings is 1. The molecule has 10 heavy (non-hydrogen) atoms. The van der Waals surface area contributed by atoms with Crippen LogP contribution in [0.3, 0.4) is 0 Å². The number of rotatable bonds is 1. The van der Waals surface area contributed by atoms with Crippen LogP contribution in [-0.4, -0.2) is 35.8 Å². The van der Waals surface area contributed by atoms with Gasteiger partial charge in [-0.1, -0.05) is 0 Å². The predicted molar refractivity (Wildman–Crippen MR) is 37.7 cm³/mol. The van der Waals surface area contributed by atoms with Gasteiger partial charge in [0.05, 0.1) is 18.0 Å². The summed E-state index contributed by atoms with van der Waals surface area (Å²) in [5.41, 5.74) is 0.622. The monoisotopic (exact) mass is 139 g/mol. The molecular formula is C6H9N3O. The summed E-state index contributed by atoms with van der Waals surface area (Å²) >= 11 is 0. The highest BCUT2D eigenvalue weighted by atomic mass is 16.1. The van der Waals surface area contributed by atoms with E-state index in [0.717, 1.165) is 6.41 Å². The fourth-order valence-corrected chi connectivity index (χ4v) is 0.874. The van der Waals surface area contributed by atoms with Gasteiger partial charge in [-0.25, -0.2) is 0 Å².